The van der Waals surface area contributed by atoms with E-state index in [9.17, 15) is 9.59 Å². The van der Waals surface area contributed by atoms with Crippen LogP contribution in [0.3, 0.4) is 0 Å². The van der Waals surface area contributed by atoms with Gasteiger partial charge in [0, 0.05) is 12.6 Å². The third-order valence-electron chi connectivity index (χ3n) is 4.98. The van der Waals surface area contributed by atoms with Crippen molar-refractivity contribution in [3.8, 4) is 5.69 Å². The van der Waals surface area contributed by atoms with Crippen molar-refractivity contribution in [2.45, 2.75) is 46.7 Å². The fraction of sp³-hybridized carbons (Fsp3) is 0.444. The summed E-state index contributed by atoms with van der Waals surface area (Å²) < 4.78 is 1.57. The van der Waals surface area contributed by atoms with Crippen LogP contribution in [0.15, 0.2) is 27.8 Å². The normalized spacial score (nSPS) is 15.7. The second-order valence-corrected chi connectivity index (χ2v) is 6.53. The quantitative estimate of drug-likeness (QED) is 0.905. The predicted molar refractivity (Wildman–Crippen MR) is 95.9 cm³/mol. The zero-order chi connectivity index (χ0) is 17.4. The Kier molecular flexibility index (Phi) is 4.32. The first-order chi connectivity index (χ1) is 11.4. The summed E-state index contributed by atoms with van der Waals surface area (Å²) in [5.41, 5.74) is 2.93. The smallest absolute Gasteiger partial charge is 0.334 e. The van der Waals surface area contributed by atoms with Crippen molar-refractivity contribution in [2.75, 3.05) is 12.0 Å². The zero-order valence-electron chi connectivity index (χ0n) is 14.6. The number of H-pyrrole nitrogens is 1. The van der Waals surface area contributed by atoms with Crippen LogP contribution in [0.5, 0.6) is 0 Å². The largest absolute Gasteiger partial charge is 0.358 e. The van der Waals surface area contributed by atoms with E-state index in [2.05, 4.69) is 29.0 Å². The molecule has 1 aliphatic heterocycles. The predicted octanol–water partition coefficient (Wildman–Crippen LogP) is 2.13. The first kappa shape index (κ1) is 16.5. The number of hydrogen-bond acceptors (Lipinski definition) is 4. The molecule has 0 radical (unpaired) electrons. The minimum atomic E-state index is -0.411. The van der Waals surface area contributed by atoms with Gasteiger partial charge in [0.15, 0.2) is 0 Å². The fourth-order valence-corrected chi connectivity index (χ4v) is 3.02. The maximum Gasteiger partial charge on any atom is 0.334 e. The molecule has 6 heteroatoms. The van der Waals surface area contributed by atoms with Gasteiger partial charge in [0.25, 0.3) is 5.56 Å². The molecule has 0 aliphatic carbocycles. The SMILES string of the molecule is CCC(C)N1CNc2c(c(=O)[nH]c(=O)n2-c2ccc(C)c(C)c2)C1. The molecule has 3 rings (SSSR count). The summed E-state index contributed by atoms with van der Waals surface area (Å²) in [5.74, 6) is 0.603. The van der Waals surface area contributed by atoms with Crippen LogP contribution in [0.4, 0.5) is 5.82 Å². The maximum absolute atomic E-state index is 12.4. The third kappa shape index (κ3) is 2.78. The summed E-state index contributed by atoms with van der Waals surface area (Å²) in [5, 5.41) is 3.28. The lowest BCUT2D eigenvalue weighted by Gasteiger charge is -2.34. The van der Waals surface area contributed by atoms with Crippen LogP contribution >= 0.6 is 0 Å². The summed E-state index contributed by atoms with van der Waals surface area (Å²) in [4.78, 5) is 29.4. The van der Waals surface area contributed by atoms with Gasteiger partial charge in [0.05, 0.1) is 17.9 Å². The number of hydrogen-bond donors (Lipinski definition) is 2. The van der Waals surface area contributed by atoms with Crippen molar-refractivity contribution >= 4 is 5.82 Å². The zero-order valence-corrected chi connectivity index (χ0v) is 14.6. The summed E-state index contributed by atoms with van der Waals surface area (Å²) in [6.07, 6.45) is 1.01. The third-order valence-corrected chi connectivity index (χ3v) is 4.98. The lowest BCUT2D eigenvalue weighted by atomic mass is 10.1. The highest BCUT2D eigenvalue weighted by Gasteiger charge is 2.25. The molecule has 2 heterocycles. The number of nitrogens with zero attached hydrogens (tertiary/aromatic N) is 2. The molecular weight excluding hydrogens is 304 g/mol. The Balaban J connectivity index is 2.14. The molecule has 0 amide bonds. The Morgan fingerprint density at radius 1 is 1.21 bits per heavy atom. The van der Waals surface area contributed by atoms with Crippen molar-refractivity contribution < 1.29 is 0 Å². The molecule has 1 atom stereocenters. The van der Waals surface area contributed by atoms with Crippen LogP contribution in [-0.2, 0) is 6.54 Å². The van der Waals surface area contributed by atoms with Gasteiger partial charge in [-0.1, -0.05) is 13.0 Å². The Morgan fingerprint density at radius 3 is 2.62 bits per heavy atom. The van der Waals surface area contributed by atoms with Crippen molar-refractivity contribution in [1.82, 2.24) is 14.5 Å². The Morgan fingerprint density at radius 2 is 1.96 bits per heavy atom. The standard InChI is InChI=1S/C18H24N4O2/c1-5-13(4)21-9-15-16(19-10-21)22(18(24)20-17(15)23)14-7-6-11(2)12(3)8-14/h6-8,13,19H,5,9-10H2,1-4H3,(H,20,23,24). The van der Waals surface area contributed by atoms with E-state index >= 15 is 0 Å². The fourth-order valence-electron chi connectivity index (χ4n) is 3.02. The highest BCUT2D eigenvalue weighted by atomic mass is 16.2. The maximum atomic E-state index is 12.4. The van der Waals surface area contributed by atoms with Gasteiger partial charge in [-0.2, -0.15) is 0 Å². The van der Waals surface area contributed by atoms with E-state index in [4.69, 9.17) is 0 Å². The molecule has 24 heavy (non-hydrogen) atoms. The monoisotopic (exact) mass is 328 g/mol. The van der Waals surface area contributed by atoms with Crippen LogP contribution in [0.25, 0.3) is 5.69 Å². The lowest BCUT2D eigenvalue weighted by Crippen LogP contribution is -2.45. The van der Waals surface area contributed by atoms with Crippen molar-refractivity contribution in [3.63, 3.8) is 0 Å². The molecule has 128 valence electrons. The topological polar surface area (TPSA) is 70.1 Å². The van der Waals surface area contributed by atoms with Gasteiger partial charge in [0.2, 0.25) is 0 Å². The molecule has 0 fully saturated rings. The molecule has 1 aromatic carbocycles. The van der Waals surface area contributed by atoms with Gasteiger partial charge in [0.1, 0.15) is 5.82 Å². The molecule has 2 N–H and O–H groups in total. The van der Waals surface area contributed by atoms with Crippen LogP contribution in [0, 0.1) is 13.8 Å². The van der Waals surface area contributed by atoms with Crippen LogP contribution in [0.2, 0.25) is 0 Å². The van der Waals surface area contributed by atoms with Gasteiger partial charge < -0.3 is 5.32 Å². The van der Waals surface area contributed by atoms with E-state index in [1.54, 1.807) is 4.57 Å². The Labute approximate surface area is 141 Å². The first-order valence-electron chi connectivity index (χ1n) is 8.36. The molecule has 0 saturated carbocycles. The summed E-state index contributed by atoms with van der Waals surface area (Å²) in [6, 6.07) is 6.23. The number of benzene rings is 1. The molecule has 1 aromatic heterocycles. The highest BCUT2D eigenvalue weighted by molar-refractivity contribution is 5.53. The van der Waals surface area contributed by atoms with Crippen LogP contribution < -0.4 is 16.6 Å². The molecule has 0 saturated heterocycles. The van der Waals surface area contributed by atoms with Gasteiger partial charge >= 0.3 is 5.69 Å². The number of aromatic amines is 1. The second kappa shape index (κ2) is 6.28. The molecular formula is C18H24N4O2. The van der Waals surface area contributed by atoms with Gasteiger partial charge in [-0.25, -0.2) is 9.36 Å². The van der Waals surface area contributed by atoms with E-state index in [1.165, 1.54) is 5.56 Å². The number of fused-ring (bicyclic) bond motifs is 1. The number of nitrogens with one attached hydrogen (secondary N) is 2. The average Bonchev–Trinajstić information content (AvgIpc) is 2.57. The summed E-state index contributed by atoms with van der Waals surface area (Å²) >= 11 is 0. The van der Waals surface area contributed by atoms with Crippen LogP contribution in [-0.4, -0.2) is 27.2 Å². The lowest BCUT2D eigenvalue weighted by molar-refractivity contribution is 0.200. The first-order valence-corrected chi connectivity index (χ1v) is 8.36. The molecule has 1 unspecified atom stereocenters. The Hall–Kier alpha value is -2.34. The van der Waals surface area contributed by atoms with Gasteiger partial charge in [-0.15, -0.1) is 0 Å². The van der Waals surface area contributed by atoms with Gasteiger partial charge in [-0.05, 0) is 50.5 Å². The molecule has 6 nitrogen and oxygen atoms in total. The number of aryl methyl sites for hydroxylation is 2. The second-order valence-electron chi connectivity index (χ2n) is 6.53. The average molecular weight is 328 g/mol. The number of anilines is 1. The van der Waals surface area contributed by atoms with E-state index < -0.39 is 5.69 Å². The molecule has 0 spiro atoms. The minimum absolute atomic E-state index is 0.310. The summed E-state index contributed by atoms with van der Waals surface area (Å²) in [7, 11) is 0. The van der Waals surface area contributed by atoms with E-state index in [1.807, 2.05) is 32.0 Å². The Bertz CT molecular complexity index is 882. The number of aromatic nitrogens is 2. The summed E-state index contributed by atoms with van der Waals surface area (Å²) in [6.45, 7) is 9.47. The van der Waals surface area contributed by atoms with Crippen molar-refractivity contribution in [2.24, 2.45) is 0 Å². The molecule has 2 aromatic rings. The van der Waals surface area contributed by atoms with Crippen molar-refractivity contribution in [1.29, 1.82) is 0 Å². The molecule has 1 aliphatic rings. The van der Waals surface area contributed by atoms with Crippen LogP contribution in [0.1, 0.15) is 37.0 Å². The highest BCUT2D eigenvalue weighted by Crippen LogP contribution is 2.23. The van der Waals surface area contributed by atoms with Crippen molar-refractivity contribution in [3.05, 3.63) is 55.7 Å². The van der Waals surface area contributed by atoms with E-state index in [0.717, 1.165) is 17.7 Å². The minimum Gasteiger partial charge on any atom is -0.358 e. The van der Waals surface area contributed by atoms with Gasteiger partial charge in [-0.3, -0.25) is 14.7 Å². The van der Waals surface area contributed by atoms with E-state index in [-0.39, 0.29) is 5.56 Å². The number of rotatable bonds is 3. The van der Waals surface area contributed by atoms with E-state index in [0.29, 0.717) is 30.6 Å². The molecule has 0 bridgehead atoms.